The Morgan fingerprint density at radius 2 is 1.78 bits per heavy atom. The van der Waals surface area contributed by atoms with E-state index in [0.717, 1.165) is 24.5 Å². The van der Waals surface area contributed by atoms with Crippen LogP contribution in [0.4, 0.5) is 36.3 Å². The fourth-order valence-corrected chi connectivity index (χ4v) is 3.89. The molecule has 1 saturated heterocycles. The number of aliphatic hydroxyl groups is 1. The van der Waals surface area contributed by atoms with Crippen molar-refractivity contribution in [2.45, 2.75) is 26.3 Å². The van der Waals surface area contributed by atoms with E-state index in [4.69, 9.17) is 4.74 Å². The van der Waals surface area contributed by atoms with Gasteiger partial charge in [-0.15, -0.1) is 13.2 Å². The van der Waals surface area contributed by atoms with Crippen LogP contribution in [0, 0.1) is 5.92 Å². The fraction of sp³-hybridized carbons (Fsp3) is 0.385. The van der Waals surface area contributed by atoms with Crippen LogP contribution in [-0.4, -0.2) is 60.4 Å². The van der Waals surface area contributed by atoms with Crippen LogP contribution in [0.25, 0.3) is 11.3 Å². The van der Waals surface area contributed by atoms with Gasteiger partial charge >= 0.3 is 6.36 Å². The first-order chi connectivity index (χ1) is 17.7. The Kier molecular flexibility index (Phi) is 8.34. The molecule has 1 aliphatic rings. The number of halogens is 3. The van der Waals surface area contributed by atoms with Gasteiger partial charge in [-0.1, -0.05) is 26.0 Å². The molecule has 198 valence electrons. The number of benzene rings is 2. The van der Waals surface area contributed by atoms with Gasteiger partial charge in [0.1, 0.15) is 11.6 Å². The van der Waals surface area contributed by atoms with E-state index in [9.17, 15) is 18.3 Å². The van der Waals surface area contributed by atoms with E-state index in [1.807, 2.05) is 38.1 Å². The summed E-state index contributed by atoms with van der Waals surface area (Å²) in [5.74, 6) is 0.417. The van der Waals surface area contributed by atoms with Crippen LogP contribution in [0.5, 0.6) is 5.75 Å². The Morgan fingerprint density at radius 3 is 2.43 bits per heavy atom. The van der Waals surface area contributed by atoms with Crippen LogP contribution in [0.1, 0.15) is 13.8 Å². The summed E-state index contributed by atoms with van der Waals surface area (Å²) in [7, 11) is 0. The highest BCUT2D eigenvalue weighted by atomic mass is 19.4. The topological polar surface area (TPSA) is 91.8 Å². The zero-order valence-electron chi connectivity index (χ0n) is 20.6. The average Bonchev–Trinajstić information content (AvgIpc) is 2.87. The lowest BCUT2D eigenvalue weighted by Crippen LogP contribution is -2.36. The summed E-state index contributed by atoms with van der Waals surface area (Å²) in [6.45, 7) is 6.81. The van der Waals surface area contributed by atoms with Crippen molar-refractivity contribution in [3.8, 4) is 17.0 Å². The predicted octanol–water partition coefficient (Wildman–Crippen LogP) is 5.05. The third-order valence-corrected chi connectivity index (χ3v) is 5.92. The fourth-order valence-electron chi connectivity index (χ4n) is 3.89. The zero-order valence-corrected chi connectivity index (χ0v) is 20.6. The average molecular weight is 518 g/mol. The van der Waals surface area contributed by atoms with Crippen molar-refractivity contribution in [1.29, 1.82) is 0 Å². The van der Waals surface area contributed by atoms with Gasteiger partial charge in [0.25, 0.3) is 0 Å². The van der Waals surface area contributed by atoms with Gasteiger partial charge in [0.05, 0.1) is 31.6 Å². The number of hydrogen-bond donors (Lipinski definition) is 3. The molecule has 2 heterocycles. The number of alkyl halides is 3. The maximum Gasteiger partial charge on any atom is 0.573 e. The number of aliphatic hydroxyl groups excluding tert-OH is 1. The predicted molar refractivity (Wildman–Crippen MR) is 136 cm³/mol. The third kappa shape index (κ3) is 7.46. The van der Waals surface area contributed by atoms with Crippen molar-refractivity contribution in [3.05, 3.63) is 54.6 Å². The van der Waals surface area contributed by atoms with Gasteiger partial charge in [0.15, 0.2) is 0 Å². The Bertz CT molecular complexity index is 1170. The monoisotopic (exact) mass is 517 g/mol. The van der Waals surface area contributed by atoms with Crippen LogP contribution in [0.2, 0.25) is 0 Å². The quantitative estimate of drug-likeness (QED) is 0.363. The number of anilines is 4. The summed E-state index contributed by atoms with van der Waals surface area (Å²) in [5, 5.41) is 16.1. The van der Waals surface area contributed by atoms with Gasteiger partial charge in [-0.2, -0.15) is 4.98 Å². The number of ether oxygens (including phenoxy) is 2. The van der Waals surface area contributed by atoms with Crippen molar-refractivity contribution in [2.75, 3.05) is 48.4 Å². The highest BCUT2D eigenvalue weighted by Gasteiger charge is 2.31. The molecular weight excluding hydrogens is 487 g/mol. The van der Waals surface area contributed by atoms with Gasteiger partial charge in [-0.25, -0.2) is 4.98 Å². The van der Waals surface area contributed by atoms with Crippen LogP contribution in [-0.2, 0) is 4.74 Å². The summed E-state index contributed by atoms with van der Waals surface area (Å²) < 4.78 is 47.7. The van der Waals surface area contributed by atoms with E-state index < -0.39 is 6.36 Å². The van der Waals surface area contributed by atoms with Gasteiger partial charge in [-0.3, -0.25) is 0 Å². The molecule has 2 aromatic carbocycles. The summed E-state index contributed by atoms with van der Waals surface area (Å²) in [4.78, 5) is 11.3. The number of morpholine rings is 1. The number of hydrogen-bond acceptors (Lipinski definition) is 8. The minimum atomic E-state index is -4.80. The van der Waals surface area contributed by atoms with E-state index in [-0.39, 0.29) is 30.3 Å². The normalized spacial score (nSPS) is 14.9. The van der Waals surface area contributed by atoms with Crippen LogP contribution >= 0.6 is 0 Å². The van der Waals surface area contributed by atoms with Crippen LogP contribution in [0.15, 0.2) is 54.6 Å². The van der Waals surface area contributed by atoms with Crippen LogP contribution in [0.3, 0.4) is 0 Å². The van der Waals surface area contributed by atoms with Crippen molar-refractivity contribution in [2.24, 2.45) is 5.92 Å². The molecule has 3 N–H and O–H groups in total. The lowest BCUT2D eigenvalue weighted by Gasteiger charge is -2.28. The second-order valence-corrected chi connectivity index (χ2v) is 8.99. The largest absolute Gasteiger partial charge is 0.573 e. The maximum absolute atomic E-state index is 12.8. The molecule has 11 heteroatoms. The highest BCUT2D eigenvalue weighted by molar-refractivity contribution is 5.69. The standard InChI is InChI=1S/C26H30F3N5O3/c1-17(2)23(16-35)32-25-31-22(18-4-3-5-21(14-18)37-26(27,28)29)15-24(33-25)30-19-6-8-20(9-7-19)34-10-12-36-13-11-34/h3-9,14-15,17,23,35H,10-13,16H2,1-2H3,(H2,30,31,32,33)/t23-/m0/s1. The molecular formula is C26H30F3N5O3. The Hall–Kier alpha value is -3.57. The maximum atomic E-state index is 12.8. The molecule has 1 aliphatic heterocycles. The molecule has 0 amide bonds. The SMILES string of the molecule is CC(C)[C@H](CO)Nc1nc(Nc2ccc(N3CCOCC3)cc2)cc(-c2cccc(OC(F)(F)F)c2)n1. The molecule has 1 atom stereocenters. The Balaban J connectivity index is 1.62. The van der Waals surface area contributed by atoms with Gasteiger partial charge in [0.2, 0.25) is 5.95 Å². The number of nitrogens with one attached hydrogen (secondary N) is 2. The van der Waals surface area contributed by atoms with Gasteiger partial charge in [0, 0.05) is 36.1 Å². The molecule has 0 radical (unpaired) electrons. The lowest BCUT2D eigenvalue weighted by atomic mass is 10.1. The van der Waals surface area contributed by atoms with Crippen molar-refractivity contribution >= 4 is 23.1 Å². The van der Waals surface area contributed by atoms with E-state index in [1.54, 1.807) is 12.1 Å². The number of rotatable bonds is 9. The van der Waals surface area contributed by atoms with E-state index in [0.29, 0.717) is 30.3 Å². The molecule has 1 aromatic heterocycles. The molecule has 0 unspecified atom stereocenters. The summed E-state index contributed by atoms with van der Waals surface area (Å²) in [5.41, 5.74) is 2.68. The molecule has 1 fully saturated rings. The van der Waals surface area contributed by atoms with Crippen molar-refractivity contribution < 1.29 is 27.8 Å². The molecule has 0 aliphatic carbocycles. The Labute approximate surface area is 213 Å². The summed E-state index contributed by atoms with van der Waals surface area (Å²) >= 11 is 0. The van der Waals surface area contributed by atoms with Gasteiger partial charge < -0.3 is 30.1 Å². The molecule has 0 spiro atoms. The third-order valence-electron chi connectivity index (χ3n) is 5.92. The van der Waals surface area contributed by atoms with E-state index in [2.05, 4.69) is 30.2 Å². The Morgan fingerprint density at radius 1 is 1.05 bits per heavy atom. The minimum absolute atomic E-state index is 0.0879. The molecule has 0 saturated carbocycles. The minimum Gasteiger partial charge on any atom is -0.406 e. The second kappa shape index (κ2) is 11.7. The smallest absolute Gasteiger partial charge is 0.406 e. The summed E-state index contributed by atoms with van der Waals surface area (Å²) in [6, 6.07) is 14.8. The molecule has 8 nitrogen and oxygen atoms in total. The van der Waals surface area contributed by atoms with Crippen molar-refractivity contribution in [3.63, 3.8) is 0 Å². The van der Waals surface area contributed by atoms with Crippen LogP contribution < -0.4 is 20.3 Å². The lowest BCUT2D eigenvalue weighted by molar-refractivity contribution is -0.274. The van der Waals surface area contributed by atoms with E-state index in [1.165, 1.54) is 18.2 Å². The first-order valence-corrected chi connectivity index (χ1v) is 12.0. The second-order valence-electron chi connectivity index (χ2n) is 8.99. The molecule has 37 heavy (non-hydrogen) atoms. The number of aromatic nitrogens is 2. The molecule has 3 aromatic rings. The molecule has 0 bridgehead atoms. The zero-order chi connectivity index (χ0) is 26.4. The first-order valence-electron chi connectivity index (χ1n) is 12.0. The van der Waals surface area contributed by atoms with Gasteiger partial charge in [-0.05, 0) is 42.3 Å². The number of nitrogens with zero attached hydrogens (tertiary/aromatic N) is 3. The first kappa shape index (κ1) is 26.5. The van der Waals surface area contributed by atoms with E-state index >= 15 is 0 Å². The molecule has 4 rings (SSSR count). The summed E-state index contributed by atoms with van der Waals surface area (Å²) in [6.07, 6.45) is -4.80. The highest BCUT2D eigenvalue weighted by Crippen LogP contribution is 2.30. The van der Waals surface area contributed by atoms with Crippen molar-refractivity contribution in [1.82, 2.24) is 9.97 Å².